The monoisotopic (exact) mass is 514 g/mol. The van der Waals surface area contributed by atoms with Crippen LogP contribution >= 0.6 is 11.3 Å². The van der Waals surface area contributed by atoms with Gasteiger partial charge in [-0.05, 0) is 43.5 Å². The largest absolute Gasteiger partial charge is 0.469 e. The van der Waals surface area contributed by atoms with Crippen LogP contribution in [0.2, 0.25) is 0 Å². The maximum Gasteiger partial charge on any atom is 0.308 e. The first-order valence-electron chi connectivity index (χ1n) is 11.8. The standard InChI is InChI=1S/C28H26N4O4S/c1-15-17(3)37-28-25(15)26(29-22(13-24(35)36-4)27-31-30-23(14-33)32(27)28)19-10-8-18(9-11-19)21-7-5-6-20(12-21)16(2)34/h5-12,22,33H,13-14H2,1-4H3/t22-/m0/s1. The number of hydrogen-bond acceptors (Lipinski definition) is 8. The molecule has 0 fully saturated rings. The first-order valence-corrected chi connectivity index (χ1v) is 12.7. The minimum atomic E-state index is -0.638. The Morgan fingerprint density at radius 3 is 2.46 bits per heavy atom. The van der Waals surface area contributed by atoms with E-state index in [2.05, 4.69) is 10.2 Å². The highest BCUT2D eigenvalue weighted by molar-refractivity contribution is 7.15. The fourth-order valence-electron chi connectivity index (χ4n) is 4.53. The molecule has 8 nitrogen and oxygen atoms in total. The van der Waals surface area contributed by atoms with Crippen LogP contribution in [-0.2, 0) is 16.1 Å². The topological polar surface area (TPSA) is 107 Å². The number of benzene rings is 2. The molecule has 0 radical (unpaired) electrons. The zero-order chi connectivity index (χ0) is 26.3. The zero-order valence-corrected chi connectivity index (χ0v) is 21.8. The molecule has 2 aromatic carbocycles. The van der Waals surface area contributed by atoms with Crippen molar-refractivity contribution in [3.05, 3.63) is 87.3 Å². The van der Waals surface area contributed by atoms with Crippen molar-refractivity contribution in [3.8, 4) is 16.1 Å². The Hall–Kier alpha value is -3.95. The molecule has 1 aliphatic rings. The number of rotatable bonds is 6. The summed E-state index contributed by atoms with van der Waals surface area (Å²) in [4.78, 5) is 30.3. The maximum absolute atomic E-state index is 12.3. The summed E-state index contributed by atoms with van der Waals surface area (Å²) in [5.41, 5.74) is 6.21. The molecule has 4 aromatic rings. The number of esters is 1. The number of hydrogen-bond donors (Lipinski definition) is 1. The molecular weight excluding hydrogens is 488 g/mol. The summed E-state index contributed by atoms with van der Waals surface area (Å²) in [6, 6.07) is 14.9. The number of aromatic nitrogens is 3. The summed E-state index contributed by atoms with van der Waals surface area (Å²) in [6.07, 6.45) is -0.00749. The lowest BCUT2D eigenvalue weighted by atomic mass is 9.96. The van der Waals surface area contributed by atoms with E-state index in [-0.39, 0.29) is 18.8 Å². The highest BCUT2D eigenvalue weighted by atomic mass is 32.1. The van der Waals surface area contributed by atoms with E-state index in [9.17, 15) is 14.7 Å². The number of carbonyl (C=O) groups is 2. The molecular formula is C28H26N4O4S. The van der Waals surface area contributed by atoms with Gasteiger partial charge in [-0.2, -0.15) is 0 Å². The Morgan fingerprint density at radius 2 is 1.78 bits per heavy atom. The van der Waals surface area contributed by atoms with Crippen LogP contribution in [0.4, 0.5) is 0 Å². The summed E-state index contributed by atoms with van der Waals surface area (Å²) in [7, 11) is 1.34. The normalized spacial score (nSPS) is 14.4. The predicted octanol–water partition coefficient (Wildman–Crippen LogP) is 4.76. The van der Waals surface area contributed by atoms with Crippen LogP contribution in [0.15, 0.2) is 53.5 Å². The summed E-state index contributed by atoms with van der Waals surface area (Å²) in [5, 5.41) is 19.3. The van der Waals surface area contributed by atoms with Crippen molar-refractivity contribution in [1.29, 1.82) is 0 Å². The molecule has 0 saturated carbocycles. The molecule has 3 heterocycles. The van der Waals surface area contributed by atoms with E-state index in [1.807, 2.05) is 66.9 Å². The number of Topliss-reactive ketones (excluding diaryl/α,β-unsaturated/α-hetero) is 1. The van der Waals surface area contributed by atoms with Crippen molar-refractivity contribution in [3.63, 3.8) is 0 Å². The van der Waals surface area contributed by atoms with Gasteiger partial charge in [0.05, 0.1) is 19.2 Å². The number of aliphatic hydroxyl groups excluding tert-OH is 1. The number of methoxy groups -OCH3 is 1. The van der Waals surface area contributed by atoms with Gasteiger partial charge in [0.1, 0.15) is 17.6 Å². The summed E-state index contributed by atoms with van der Waals surface area (Å²) < 4.78 is 6.76. The van der Waals surface area contributed by atoms with E-state index in [1.54, 1.807) is 18.3 Å². The van der Waals surface area contributed by atoms with Crippen LogP contribution in [0, 0.1) is 13.8 Å². The Balaban J connectivity index is 1.66. The van der Waals surface area contributed by atoms with Crippen LogP contribution in [0.5, 0.6) is 0 Å². The fourth-order valence-corrected chi connectivity index (χ4v) is 5.72. The SMILES string of the molecule is COC(=O)C[C@@H]1N=C(c2ccc(-c3cccc(C(C)=O)c3)cc2)c2c(sc(C)c2C)-n2c(CO)nnc21. The molecule has 0 amide bonds. The molecule has 0 aliphatic carbocycles. The third-order valence-corrected chi connectivity index (χ3v) is 7.83. The minimum Gasteiger partial charge on any atom is -0.469 e. The fraction of sp³-hybridized carbons (Fsp3) is 0.250. The van der Waals surface area contributed by atoms with Crippen LogP contribution in [0.1, 0.15) is 63.0 Å². The zero-order valence-electron chi connectivity index (χ0n) is 21.0. The van der Waals surface area contributed by atoms with Gasteiger partial charge in [0.15, 0.2) is 17.4 Å². The van der Waals surface area contributed by atoms with Gasteiger partial charge >= 0.3 is 5.97 Å². The predicted molar refractivity (Wildman–Crippen MR) is 142 cm³/mol. The van der Waals surface area contributed by atoms with E-state index in [1.165, 1.54) is 7.11 Å². The van der Waals surface area contributed by atoms with E-state index < -0.39 is 12.0 Å². The van der Waals surface area contributed by atoms with Gasteiger partial charge in [0.25, 0.3) is 0 Å². The average Bonchev–Trinajstić information content (AvgIpc) is 3.43. The summed E-state index contributed by atoms with van der Waals surface area (Å²) in [6.45, 7) is 5.36. The van der Waals surface area contributed by atoms with Crippen molar-refractivity contribution in [2.75, 3.05) is 7.11 Å². The molecule has 188 valence electrons. The number of aryl methyl sites for hydroxylation is 1. The molecule has 0 saturated heterocycles. The second-order valence-corrected chi connectivity index (χ2v) is 10.1. The smallest absolute Gasteiger partial charge is 0.308 e. The Morgan fingerprint density at radius 1 is 1.05 bits per heavy atom. The highest BCUT2D eigenvalue weighted by Gasteiger charge is 2.33. The van der Waals surface area contributed by atoms with Crippen molar-refractivity contribution in [2.45, 2.75) is 39.8 Å². The quantitative estimate of drug-likeness (QED) is 0.294. The Bertz CT molecular complexity index is 1550. The molecule has 1 aliphatic heterocycles. The Kier molecular flexibility index (Phi) is 6.57. The first-order chi connectivity index (χ1) is 17.8. The van der Waals surface area contributed by atoms with Crippen LogP contribution in [-0.4, -0.2) is 44.4 Å². The summed E-state index contributed by atoms with van der Waals surface area (Å²) in [5.74, 6) is 0.495. The third kappa shape index (κ3) is 4.41. The van der Waals surface area contributed by atoms with Gasteiger partial charge in [0, 0.05) is 21.6 Å². The highest BCUT2D eigenvalue weighted by Crippen LogP contribution is 2.40. The van der Waals surface area contributed by atoms with Crippen molar-refractivity contribution in [2.24, 2.45) is 4.99 Å². The molecule has 0 bridgehead atoms. The van der Waals surface area contributed by atoms with E-state index in [0.29, 0.717) is 17.2 Å². The van der Waals surface area contributed by atoms with Gasteiger partial charge in [0.2, 0.25) is 0 Å². The van der Waals surface area contributed by atoms with Gasteiger partial charge in [-0.15, -0.1) is 21.5 Å². The lowest BCUT2D eigenvalue weighted by molar-refractivity contribution is -0.141. The number of thiophene rings is 1. The van der Waals surface area contributed by atoms with Gasteiger partial charge < -0.3 is 9.84 Å². The average molecular weight is 515 g/mol. The van der Waals surface area contributed by atoms with Crippen molar-refractivity contribution >= 4 is 28.8 Å². The molecule has 37 heavy (non-hydrogen) atoms. The number of aliphatic hydroxyl groups is 1. The Labute approximate surface area is 218 Å². The molecule has 1 N–H and O–H groups in total. The van der Waals surface area contributed by atoms with E-state index in [0.717, 1.165) is 43.4 Å². The van der Waals surface area contributed by atoms with Crippen LogP contribution < -0.4 is 0 Å². The number of ketones is 1. The number of carbonyl (C=O) groups excluding carboxylic acids is 2. The molecule has 9 heteroatoms. The van der Waals surface area contributed by atoms with Crippen LogP contribution in [0.3, 0.4) is 0 Å². The molecule has 0 unspecified atom stereocenters. The van der Waals surface area contributed by atoms with Crippen LogP contribution in [0.25, 0.3) is 16.1 Å². The lowest BCUT2D eigenvalue weighted by Gasteiger charge is -2.12. The lowest BCUT2D eigenvalue weighted by Crippen LogP contribution is -2.12. The number of fused-ring (bicyclic) bond motifs is 3. The minimum absolute atomic E-state index is 0.00749. The number of ether oxygens (including phenoxy) is 1. The maximum atomic E-state index is 12.3. The second kappa shape index (κ2) is 9.84. The third-order valence-electron chi connectivity index (χ3n) is 6.63. The van der Waals surface area contributed by atoms with Gasteiger partial charge in [-0.1, -0.05) is 42.5 Å². The van der Waals surface area contributed by atoms with Crippen molar-refractivity contribution < 1.29 is 19.4 Å². The van der Waals surface area contributed by atoms with E-state index in [4.69, 9.17) is 9.73 Å². The summed E-state index contributed by atoms with van der Waals surface area (Å²) >= 11 is 1.58. The number of nitrogens with zero attached hydrogens (tertiary/aromatic N) is 4. The number of aliphatic imine (C=N–C) groups is 1. The van der Waals surface area contributed by atoms with Gasteiger partial charge in [-0.3, -0.25) is 19.1 Å². The first kappa shape index (κ1) is 24.7. The molecule has 5 rings (SSSR count). The van der Waals surface area contributed by atoms with E-state index >= 15 is 0 Å². The van der Waals surface area contributed by atoms with Gasteiger partial charge in [-0.25, -0.2) is 0 Å². The van der Waals surface area contributed by atoms with Crippen molar-refractivity contribution in [1.82, 2.24) is 14.8 Å². The molecule has 0 spiro atoms. The molecule has 1 atom stereocenters. The second-order valence-electron chi connectivity index (χ2n) is 8.92. The molecule has 2 aromatic heterocycles.